The van der Waals surface area contributed by atoms with Gasteiger partial charge < -0.3 is 15.8 Å². The second-order valence-electron chi connectivity index (χ2n) is 6.38. The van der Waals surface area contributed by atoms with Gasteiger partial charge in [-0.3, -0.25) is 9.59 Å². The van der Waals surface area contributed by atoms with Crippen LogP contribution in [0.2, 0.25) is 5.02 Å². The summed E-state index contributed by atoms with van der Waals surface area (Å²) in [5, 5.41) is 3.97. The number of thiophene rings is 1. The number of halogens is 1. The summed E-state index contributed by atoms with van der Waals surface area (Å²) in [5.74, 6) is -0.246. The molecule has 1 aromatic carbocycles. The fraction of sp³-hybridized carbons (Fsp3) is 0.368. The van der Waals surface area contributed by atoms with Gasteiger partial charge in [-0.1, -0.05) is 18.0 Å². The molecule has 0 fully saturated rings. The lowest BCUT2D eigenvalue weighted by molar-refractivity contribution is -0.118. The van der Waals surface area contributed by atoms with Gasteiger partial charge in [-0.05, 0) is 61.9 Å². The normalized spacial score (nSPS) is 13.6. The third-order valence-corrected chi connectivity index (χ3v) is 6.05. The van der Waals surface area contributed by atoms with E-state index in [4.69, 9.17) is 22.1 Å². The summed E-state index contributed by atoms with van der Waals surface area (Å²) in [6, 6.07) is 5.22. The summed E-state index contributed by atoms with van der Waals surface area (Å²) in [5.41, 5.74) is 7.92. The molecule has 0 saturated heterocycles. The number of ether oxygens (including phenoxy) is 1. The van der Waals surface area contributed by atoms with Crippen LogP contribution < -0.4 is 15.8 Å². The number of primary amides is 1. The summed E-state index contributed by atoms with van der Waals surface area (Å²) in [7, 11) is 0. The topological polar surface area (TPSA) is 81.4 Å². The SMILES string of the molecule is Cc1cc(OCC(=O)Nc2sc3c(c2C(N)=O)CCCCC3)ccc1Cl. The molecule has 3 N–H and O–H groups in total. The maximum Gasteiger partial charge on any atom is 0.262 e. The van der Waals surface area contributed by atoms with Crippen LogP contribution in [0.4, 0.5) is 5.00 Å². The third-order valence-electron chi connectivity index (χ3n) is 4.42. The number of benzene rings is 1. The molecule has 0 unspecified atom stereocenters. The number of nitrogens with two attached hydrogens (primary N) is 1. The van der Waals surface area contributed by atoms with Crippen molar-refractivity contribution in [1.82, 2.24) is 0 Å². The number of carbonyl (C=O) groups is 2. The van der Waals surface area contributed by atoms with Crippen LogP contribution in [0.5, 0.6) is 5.75 Å². The standard InChI is InChI=1S/C19H21ClN2O3S/c1-11-9-12(7-8-14(11)20)25-10-16(23)22-19-17(18(21)24)13-5-3-2-4-6-15(13)26-19/h7-9H,2-6,10H2,1H3,(H2,21,24)(H,22,23). The Bertz CT molecular complexity index is 848. The van der Waals surface area contributed by atoms with Gasteiger partial charge in [-0.25, -0.2) is 0 Å². The molecule has 3 rings (SSSR count). The van der Waals surface area contributed by atoms with Crippen molar-refractivity contribution in [3.8, 4) is 5.75 Å². The van der Waals surface area contributed by atoms with E-state index >= 15 is 0 Å². The van der Waals surface area contributed by atoms with E-state index in [0.717, 1.165) is 48.1 Å². The van der Waals surface area contributed by atoms with E-state index in [-0.39, 0.29) is 12.5 Å². The second kappa shape index (κ2) is 8.10. The minimum absolute atomic E-state index is 0.151. The van der Waals surface area contributed by atoms with E-state index in [1.54, 1.807) is 18.2 Å². The Balaban J connectivity index is 1.70. The summed E-state index contributed by atoms with van der Waals surface area (Å²) >= 11 is 7.43. The molecule has 2 aromatic rings. The number of amides is 2. The van der Waals surface area contributed by atoms with Crippen LogP contribution in [0.3, 0.4) is 0 Å². The van der Waals surface area contributed by atoms with Crippen LogP contribution in [0, 0.1) is 6.92 Å². The summed E-state index contributed by atoms with van der Waals surface area (Å²) in [6.45, 7) is 1.72. The molecule has 1 aliphatic rings. The third kappa shape index (κ3) is 4.19. The van der Waals surface area contributed by atoms with Crippen molar-refractivity contribution in [3.05, 3.63) is 44.8 Å². The summed E-state index contributed by atoms with van der Waals surface area (Å²) in [4.78, 5) is 25.4. The van der Waals surface area contributed by atoms with Crippen LogP contribution >= 0.6 is 22.9 Å². The average molecular weight is 393 g/mol. The van der Waals surface area contributed by atoms with Crippen molar-refractivity contribution >= 4 is 39.8 Å². The minimum Gasteiger partial charge on any atom is -0.484 e. The molecular weight excluding hydrogens is 372 g/mol. The molecule has 1 aliphatic carbocycles. The number of carbonyl (C=O) groups excluding carboxylic acids is 2. The number of aryl methyl sites for hydroxylation is 2. The summed E-state index contributed by atoms with van der Waals surface area (Å²) < 4.78 is 5.52. The molecule has 7 heteroatoms. The highest BCUT2D eigenvalue weighted by Crippen LogP contribution is 2.37. The highest BCUT2D eigenvalue weighted by atomic mass is 35.5. The Morgan fingerprint density at radius 3 is 2.77 bits per heavy atom. The first-order valence-corrected chi connectivity index (χ1v) is 9.78. The van der Waals surface area contributed by atoms with Crippen LogP contribution in [-0.4, -0.2) is 18.4 Å². The van der Waals surface area contributed by atoms with Crippen molar-refractivity contribution in [2.24, 2.45) is 5.73 Å². The number of anilines is 1. The molecule has 0 aliphatic heterocycles. The average Bonchev–Trinajstić information content (AvgIpc) is 2.77. The lowest BCUT2D eigenvalue weighted by Gasteiger charge is -2.09. The second-order valence-corrected chi connectivity index (χ2v) is 7.89. The zero-order chi connectivity index (χ0) is 18.7. The largest absolute Gasteiger partial charge is 0.484 e. The summed E-state index contributed by atoms with van der Waals surface area (Å²) in [6.07, 6.45) is 5.04. The molecule has 138 valence electrons. The fourth-order valence-corrected chi connectivity index (χ4v) is 4.54. The molecule has 1 aromatic heterocycles. The first kappa shape index (κ1) is 18.7. The first-order chi connectivity index (χ1) is 12.5. The number of rotatable bonds is 5. The Labute approximate surface area is 161 Å². The van der Waals surface area contributed by atoms with Gasteiger partial charge in [0.05, 0.1) is 5.56 Å². The zero-order valence-electron chi connectivity index (χ0n) is 14.6. The monoisotopic (exact) mass is 392 g/mol. The molecule has 0 spiro atoms. The zero-order valence-corrected chi connectivity index (χ0v) is 16.1. The quantitative estimate of drug-likeness (QED) is 0.751. The molecule has 26 heavy (non-hydrogen) atoms. The predicted molar refractivity (Wildman–Crippen MR) is 104 cm³/mol. The van der Waals surface area contributed by atoms with E-state index in [1.807, 2.05) is 6.92 Å². The van der Waals surface area contributed by atoms with Crippen LogP contribution in [0.15, 0.2) is 18.2 Å². The van der Waals surface area contributed by atoms with E-state index < -0.39 is 5.91 Å². The Morgan fingerprint density at radius 1 is 1.27 bits per heavy atom. The van der Waals surface area contributed by atoms with Gasteiger partial charge in [-0.2, -0.15) is 0 Å². The van der Waals surface area contributed by atoms with Gasteiger partial charge >= 0.3 is 0 Å². The fourth-order valence-electron chi connectivity index (χ4n) is 3.11. The Morgan fingerprint density at radius 2 is 2.04 bits per heavy atom. The van der Waals surface area contributed by atoms with Gasteiger partial charge in [0.1, 0.15) is 10.8 Å². The Hall–Kier alpha value is -2.05. The molecule has 0 atom stereocenters. The van der Waals surface area contributed by atoms with Gasteiger partial charge in [0.25, 0.3) is 11.8 Å². The Kier molecular flexibility index (Phi) is 5.84. The molecule has 0 radical (unpaired) electrons. The molecular formula is C19H21ClN2O3S. The number of hydrogen-bond acceptors (Lipinski definition) is 4. The highest BCUT2D eigenvalue weighted by Gasteiger charge is 2.24. The minimum atomic E-state index is -0.492. The van der Waals surface area contributed by atoms with E-state index in [9.17, 15) is 9.59 Å². The van der Waals surface area contributed by atoms with E-state index in [0.29, 0.717) is 21.3 Å². The predicted octanol–water partition coefficient (Wildman–Crippen LogP) is 4.10. The maximum atomic E-state index is 12.3. The first-order valence-electron chi connectivity index (χ1n) is 8.59. The van der Waals surface area contributed by atoms with Crippen molar-refractivity contribution in [3.63, 3.8) is 0 Å². The smallest absolute Gasteiger partial charge is 0.262 e. The molecule has 0 saturated carbocycles. The van der Waals surface area contributed by atoms with Crippen molar-refractivity contribution in [1.29, 1.82) is 0 Å². The van der Waals surface area contributed by atoms with Crippen LogP contribution in [-0.2, 0) is 17.6 Å². The maximum absolute atomic E-state index is 12.3. The van der Waals surface area contributed by atoms with Gasteiger partial charge in [0.2, 0.25) is 0 Å². The van der Waals surface area contributed by atoms with Crippen LogP contribution in [0.25, 0.3) is 0 Å². The number of nitrogens with one attached hydrogen (secondary N) is 1. The van der Waals surface area contributed by atoms with Gasteiger partial charge in [0.15, 0.2) is 6.61 Å². The van der Waals surface area contributed by atoms with Crippen LogP contribution in [0.1, 0.15) is 45.6 Å². The lowest BCUT2D eigenvalue weighted by Crippen LogP contribution is -2.22. The highest BCUT2D eigenvalue weighted by molar-refractivity contribution is 7.17. The molecule has 5 nitrogen and oxygen atoms in total. The lowest BCUT2D eigenvalue weighted by atomic mass is 10.1. The number of fused-ring (bicyclic) bond motifs is 1. The van der Waals surface area contributed by atoms with Gasteiger partial charge in [0, 0.05) is 9.90 Å². The molecule has 2 amide bonds. The molecule has 1 heterocycles. The van der Waals surface area contributed by atoms with E-state index in [1.165, 1.54) is 11.3 Å². The van der Waals surface area contributed by atoms with Crippen molar-refractivity contribution in [2.75, 3.05) is 11.9 Å². The van der Waals surface area contributed by atoms with Crippen molar-refractivity contribution in [2.45, 2.75) is 39.0 Å². The van der Waals surface area contributed by atoms with Gasteiger partial charge in [-0.15, -0.1) is 11.3 Å². The number of hydrogen-bond donors (Lipinski definition) is 2. The van der Waals surface area contributed by atoms with E-state index in [2.05, 4.69) is 5.32 Å². The van der Waals surface area contributed by atoms with Crippen molar-refractivity contribution < 1.29 is 14.3 Å². The molecule has 0 bridgehead atoms.